The summed E-state index contributed by atoms with van der Waals surface area (Å²) in [5.41, 5.74) is 4.77. The van der Waals surface area contributed by atoms with Crippen LogP contribution in [-0.2, 0) is 0 Å². The lowest BCUT2D eigenvalue weighted by atomic mass is 9.99. The van der Waals surface area contributed by atoms with Crippen LogP contribution < -0.4 is 0 Å². The summed E-state index contributed by atoms with van der Waals surface area (Å²) < 4.78 is 1.91. The van der Waals surface area contributed by atoms with Crippen molar-refractivity contribution in [2.45, 2.75) is 6.92 Å². The van der Waals surface area contributed by atoms with Crippen molar-refractivity contribution in [1.29, 1.82) is 0 Å². The van der Waals surface area contributed by atoms with Crippen molar-refractivity contribution < 1.29 is 10.2 Å². The van der Waals surface area contributed by atoms with Gasteiger partial charge in [-0.3, -0.25) is 0 Å². The highest BCUT2D eigenvalue weighted by Gasteiger charge is 2.12. The van der Waals surface area contributed by atoms with Crippen LogP contribution in [0.4, 0.5) is 0 Å². The number of phenolic OH excluding ortho intramolecular Hbond substituents is 2. The van der Waals surface area contributed by atoms with Gasteiger partial charge in [-0.05, 0) is 48.9 Å². The Morgan fingerprint density at radius 3 is 2.50 bits per heavy atom. The molecule has 2 aromatic carbocycles. The fraction of sp³-hybridized carbons (Fsp3) is 0.0500. The molecule has 0 saturated heterocycles. The van der Waals surface area contributed by atoms with Gasteiger partial charge in [-0.2, -0.15) is 0 Å². The lowest BCUT2D eigenvalue weighted by molar-refractivity contribution is 0.475. The molecule has 24 heavy (non-hydrogen) atoms. The summed E-state index contributed by atoms with van der Waals surface area (Å²) in [6.07, 6.45) is 3.80. The van der Waals surface area contributed by atoms with Gasteiger partial charge >= 0.3 is 0 Å². The molecule has 2 heterocycles. The van der Waals surface area contributed by atoms with Crippen LogP contribution in [0, 0.1) is 6.92 Å². The van der Waals surface area contributed by atoms with E-state index in [9.17, 15) is 10.2 Å². The van der Waals surface area contributed by atoms with Crippen LogP contribution in [0.2, 0.25) is 0 Å². The number of hydrogen-bond donors (Lipinski definition) is 2. The van der Waals surface area contributed by atoms with Crippen molar-refractivity contribution in [2.75, 3.05) is 0 Å². The second kappa shape index (κ2) is 5.42. The predicted octanol–water partition coefficient (Wildman–Crippen LogP) is 4.39. The maximum atomic E-state index is 10.3. The van der Waals surface area contributed by atoms with Crippen molar-refractivity contribution in [3.8, 4) is 33.9 Å². The second-order valence-corrected chi connectivity index (χ2v) is 5.84. The minimum atomic E-state index is 0.161. The van der Waals surface area contributed by atoms with Gasteiger partial charge in [-0.1, -0.05) is 23.8 Å². The van der Waals surface area contributed by atoms with Crippen LogP contribution in [0.5, 0.6) is 11.5 Å². The maximum Gasteiger partial charge on any atom is 0.137 e. The minimum absolute atomic E-state index is 0.161. The van der Waals surface area contributed by atoms with Crippen molar-refractivity contribution in [3.63, 3.8) is 0 Å². The van der Waals surface area contributed by atoms with Gasteiger partial charge in [-0.25, -0.2) is 4.98 Å². The molecule has 4 aromatic rings. The molecule has 0 spiro atoms. The zero-order valence-electron chi connectivity index (χ0n) is 13.1. The van der Waals surface area contributed by atoms with Gasteiger partial charge in [0.05, 0.1) is 5.69 Å². The topological polar surface area (TPSA) is 57.8 Å². The summed E-state index contributed by atoms with van der Waals surface area (Å²) in [6, 6.07) is 16.5. The first kappa shape index (κ1) is 14.3. The van der Waals surface area contributed by atoms with Gasteiger partial charge in [0.1, 0.15) is 17.1 Å². The average Bonchev–Trinajstić information content (AvgIpc) is 3.01. The molecule has 4 rings (SSSR count). The van der Waals surface area contributed by atoms with E-state index in [4.69, 9.17) is 0 Å². The highest BCUT2D eigenvalue weighted by molar-refractivity contribution is 5.79. The van der Waals surface area contributed by atoms with Crippen molar-refractivity contribution in [2.24, 2.45) is 0 Å². The molecule has 0 aliphatic heterocycles. The van der Waals surface area contributed by atoms with Crippen LogP contribution in [0.1, 0.15) is 5.56 Å². The molecule has 4 nitrogen and oxygen atoms in total. The van der Waals surface area contributed by atoms with E-state index in [0.29, 0.717) is 11.3 Å². The fourth-order valence-corrected chi connectivity index (χ4v) is 2.85. The van der Waals surface area contributed by atoms with Gasteiger partial charge in [0.25, 0.3) is 0 Å². The average molecular weight is 316 g/mol. The Labute approximate surface area is 139 Å². The number of aromatic hydroxyl groups is 2. The number of rotatable bonds is 2. The minimum Gasteiger partial charge on any atom is -0.507 e. The van der Waals surface area contributed by atoms with Crippen molar-refractivity contribution in [1.82, 2.24) is 9.38 Å². The molecular formula is C20H16N2O2. The number of pyridine rings is 1. The third-order valence-electron chi connectivity index (χ3n) is 4.10. The lowest BCUT2D eigenvalue weighted by Gasteiger charge is -2.09. The third-order valence-corrected chi connectivity index (χ3v) is 4.10. The smallest absolute Gasteiger partial charge is 0.137 e. The Bertz CT molecular complexity index is 1020. The van der Waals surface area contributed by atoms with E-state index in [1.165, 1.54) is 0 Å². The van der Waals surface area contributed by atoms with Crippen LogP contribution in [0.3, 0.4) is 0 Å². The van der Waals surface area contributed by atoms with E-state index in [2.05, 4.69) is 4.98 Å². The molecule has 0 fully saturated rings. The molecule has 4 heteroatoms. The van der Waals surface area contributed by atoms with Crippen LogP contribution in [0.25, 0.3) is 28.0 Å². The lowest BCUT2D eigenvalue weighted by Crippen LogP contribution is -1.85. The largest absolute Gasteiger partial charge is 0.507 e. The molecule has 2 N–H and O–H groups in total. The number of fused-ring (bicyclic) bond motifs is 1. The summed E-state index contributed by atoms with van der Waals surface area (Å²) in [5, 5.41) is 20.4. The van der Waals surface area contributed by atoms with E-state index < -0.39 is 0 Å². The molecule has 118 valence electrons. The molecule has 0 radical (unpaired) electrons. The van der Waals surface area contributed by atoms with Gasteiger partial charge in [0.15, 0.2) is 0 Å². The second-order valence-electron chi connectivity index (χ2n) is 5.84. The summed E-state index contributed by atoms with van der Waals surface area (Å²) in [4.78, 5) is 4.56. The number of imidazole rings is 1. The van der Waals surface area contributed by atoms with Crippen LogP contribution in [-0.4, -0.2) is 19.6 Å². The molecule has 0 bridgehead atoms. The Balaban J connectivity index is 1.89. The first-order chi connectivity index (χ1) is 11.6. The first-order valence-corrected chi connectivity index (χ1v) is 7.69. The number of aromatic nitrogens is 2. The summed E-state index contributed by atoms with van der Waals surface area (Å²) >= 11 is 0. The molecule has 2 aromatic heterocycles. The number of hydrogen-bond acceptors (Lipinski definition) is 3. The first-order valence-electron chi connectivity index (χ1n) is 7.69. The Morgan fingerprint density at radius 1 is 0.875 bits per heavy atom. The molecular weight excluding hydrogens is 300 g/mol. The number of aryl methyl sites for hydroxylation is 1. The van der Waals surface area contributed by atoms with E-state index in [-0.39, 0.29) is 11.5 Å². The Kier molecular flexibility index (Phi) is 3.24. The number of nitrogens with zero attached hydrogens (tertiary/aromatic N) is 2. The predicted molar refractivity (Wildman–Crippen MR) is 94.1 cm³/mol. The van der Waals surface area contributed by atoms with Gasteiger partial charge in [-0.15, -0.1) is 0 Å². The maximum absolute atomic E-state index is 10.3. The molecule has 0 unspecified atom stereocenters. The Morgan fingerprint density at radius 2 is 1.67 bits per heavy atom. The standard InChI is InChI=1S/C20H16N2O2/c1-13-5-7-18(23)15(10-13)14-6-8-19(24)16(11-14)17-12-22-9-3-2-4-20(22)21-17/h2-12,23-24H,1H3. The molecule has 0 aliphatic carbocycles. The van der Waals surface area contributed by atoms with E-state index >= 15 is 0 Å². The molecule has 0 atom stereocenters. The fourth-order valence-electron chi connectivity index (χ4n) is 2.85. The summed E-state index contributed by atoms with van der Waals surface area (Å²) in [5.74, 6) is 0.376. The zero-order valence-corrected chi connectivity index (χ0v) is 13.1. The molecule has 0 aliphatic rings. The third kappa shape index (κ3) is 2.38. The zero-order chi connectivity index (χ0) is 16.7. The highest BCUT2D eigenvalue weighted by atomic mass is 16.3. The van der Waals surface area contributed by atoms with Gasteiger partial charge < -0.3 is 14.6 Å². The van der Waals surface area contributed by atoms with E-state index in [1.807, 2.05) is 60.1 Å². The van der Waals surface area contributed by atoms with E-state index in [1.54, 1.807) is 18.2 Å². The Hall–Kier alpha value is -3.27. The SMILES string of the molecule is Cc1ccc(O)c(-c2ccc(O)c(-c3cn4ccccc4n3)c2)c1. The summed E-state index contributed by atoms with van der Waals surface area (Å²) in [6.45, 7) is 1.98. The van der Waals surface area contributed by atoms with Crippen LogP contribution in [0.15, 0.2) is 67.0 Å². The molecule has 0 amide bonds. The van der Waals surface area contributed by atoms with Gasteiger partial charge in [0, 0.05) is 23.5 Å². The van der Waals surface area contributed by atoms with E-state index in [0.717, 1.165) is 22.3 Å². The number of benzene rings is 2. The molecule has 0 saturated carbocycles. The van der Waals surface area contributed by atoms with Crippen molar-refractivity contribution in [3.05, 3.63) is 72.6 Å². The normalized spacial score (nSPS) is 11.0. The highest BCUT2D eigenvalue weighted by Crippen LogP contribution is 2.36. The summed E-state index contributed by atoms with van der Waals surface area (Å²) in [7, 11) is 0. The monoisotopic (exact) mass is 316 g/mol. The van der Waals surface area contributed by atoms with Gasteiger partial charge in [0.2, 0.25) is 0 Å². The van der Waals surface area contributed by atoms with Crippen molar-refractivity contribution >= 4 is 5.65 Å². The quantitative estimate of drug-likeness (QED) is 0.577. The number of phenols is 2. The van der Waals surface area contributed by atoms with Crippen LogP contribution >= 0.6 is 0 Å².